The molecule has 0 amide bonds. The maximum Gasteiger partial charge on any atom is 0.0475 e. The smallest absolute Gasteiger partial charge is 0.0475 e. The van der Waals surface area contributed by atoms with Crippen LogP contribution in [0.4, 0.5) is 0 Å². The Morgan fingerprint density at radius 1 is 1.05 bits per heavy atom. The van der Waals surface area contributed by atoms with Crippen molar-refractivity contribution in [1.82, 2.24) is 10.2 Å². The molecule has 0 heterocycles. The van der Waals surface area contributed by atoms with Crippen LogP contribution in [0, 0.1) is 0 Å². The van der Waals surface area contributed by atoms with Crippen molar-refractivity contribution in [2.24, 2.45) is 0 Å². The van der Waals surface area contributed by atoms with Gasteiger partial charge in [-0.25, -0.2) is 0 Å². The Balaban J connectivity index is 2.92. The van der Waals surface area contributed by atoms with Crippen molar-refractivity contribution in [2.75, 3.05) is 13.1 Å². The molecular weight excluding hydrogens is 256 g/mol. The van der Waals surface area contributed by atoms with E-state index >= 15 is 0 Å². The highest BCUT2D eigenvalue weighted by atomic mass is 15.2. The maximum absolute atomic E-state index is 3.69. The molecule has 0 saturated heterocycles. The molecule has 0 aromatic heterocycles. The molecule has 0 radical (unpaired) electrons. The van der Waals surface area contributed by atoms with Crippen molar-refractivity contribution in [3.63, 3.8) is 0 Å². The first-order valence-electron chi connectivity index (χ1n) is 8.69. The van der Waals surface area contributed by atoms with Gasteiger partial charge in [-0.3, -0.25) is 4.90 Å². The largest absolute Gasteiger partial charge is 0.309 e. The Morgan fingerprint density at radius 2 is 1.71 bits per heavy atom. The van der Waals surface area contributed by atoms with Crippen LogP contribution in [0.5, 0.6) is 0 Å². The van der Waals surface area contributed by atoms with E-state index in [1.807, 2.05) is 0 Å². The molecule has 1 aromatic carbocycles. The average molecular weight is 290 g/mol. The molecule has 0 bridgehead atoms. The van der Waals surface area contributed by atoms with Gasteiger partial charge in [-0.2, -0.15) is 0 Å². The summed E-state index contributed by atoms with van der Waals surface area (Å²) < 4.78 is 0. The third-order valence-electron chi connectivity index (χ3n) is 4.52. The van der Waals surface area contributed by atoms with Gasteiger partial charge in [0.1, 0.15) is 0 Å². The second-order valence-corrected chi connectivity index (χ2v) is 6.04. The number of rotatable bonds is 10. The molecule has 1 aromatic rings. The zero-order valence-electron chi connectivity index (χ0n) is 14.6. The van der Waals surface area contributed by atoms with Gasteiger partial charge in [0.05, 0.1) is 0 Å². The van der Waals surface area contributed by atoms with Crippen LogP contribution in [0.2, 0.25) is 0 Å². The molecule has 0 saturated carbocycles. The van der Waals surface area contributed by atoms with Gasteiger partial charge in [-0.1, -0.05) is 57.5 Å². The zero-order valence-corrected chi connectivity index (χ0v) is 14.6. The summed E-state index contributed by atoms with van der Waals surface area (Å²) in [7, 11) is 0. The third kappa shape index (κ3) is 5.44. The summed E-state index contributed by atoms with van der Waals surface area (Å²) in [5, 5.41) is 3.69. The molecule has 120 valence electrons. The first-order valence-corrected chi connectivity index (χ1v) is 8.69. The van der Waals surface area contributed by atoms with Crippen LogP contribution < -0.4 is 5.32 Å². The van der Waals surface area contributed by atoms with Gasteiger partial charge in [0, 0.05) is 18.1 Å². The van der Waals surface area contributed by atoms with E-state index in [-0.39, 0.29) is 0 Å². The highest BCUT2D eigenvalue weighted by Gasteiger charge is 2.26. The van der Waals surface area contributed by atoms with E-state index in [4.69, 9.17) is 0 Å². The third-order valence-corrected chi connectivity index (χ3v) is 4.52. The summed E-state index contributed by atoms with van der Waals surface area (Å²) in [6.45, 7) is 13.7. The van der Waals surface area contributed by atoms with E-state index < -0.39 is 0 Å². The molecule has 3 atom stereocenters. The van der Waals surface area contributed by atoms with Gasteiger partial charge < -0.3 is 5.32 Å². The molecule has 0 aliphatic heterocycles. The van der Waals surface area contributed by atoms with Gasteiger partial charge in [0.15, 0.2) is 0 Å². The Kier molecular flexibility index (Phi) is 8.63. The molecule has 2 heteroatoms. The van der Waals surface area contributed by atoms with Gasteiger partial charge >= 0.3 is 0 Å². The number of likely N-dealkylation sites (N-methyl/N-ethyl adjacent to an activating group) is 1. The molecule has 0 spiro atoms. The van der Waals surface area contributed by atoms with Crippen LogP contribution in [-0.2, 0) is 0 Å². The lowest BCUT2D eigenvalue weighted by atomic mass is 9.97. The standard InChI is InChI=1S/C19H34N2/c1-6-9-15-21(16(4)7-2)17(5)19(20-8-3)18-13-11-10-12-14-18/h10-14,16-17,19-20H,6-9,15H2,1-5H3. The quantitative estimate of drug-likeness (QED) is 0.676. The van der Waals surface area contributed by atoms with Crippen molar-refractivity contribution in [3.05, 3.63) is 35.9 Å². The fourth-order valence-electron chi connectivity index (χ4n) is 3.04. The van der Waals surface area contributed by atoms with Gasteiger partial charge in [0.2, 0.25) is 0 Å². The van der Waals surface area contributed by atoms with Crippen LogP contribution in [0.15, 0.2) is 30.3 Å². The van der Waals surface area contributed by atoms with E-state index in [1.165, 1.54) is 31.4 Å². The number of nitrogens with zero attached hydrogens (tertiary/aromatic N) is 1. The van der Waals surface area contributed by atoms with Crippen molar-refractivity contribution >= 4 is 0 Å². The van der Waals surface area contributed by atoms with E-state index in [9.17, 15) is 0 Å². The minimum Gasteiger partial charge on any atom is -0.309 e. The van der Waals surface area contributed by atoms with Crippen molar-refractivity contribution in [2.45, 2.75) is 72.0 Å². The second-order valence-electron chi connectivity index (χ2n) is 6.04. The first-order chi connectivity index (χ1) is 10.2. The highest BCUT2D eigenvalue weighted by molar-refractivity contribution is 5.20. The van der Waals surface area contributed by atoms with Gasteiger partial charge in [0.25, 0.3) is 0 Å². The summed E-state index contributed by atoms with van der Waals surface area (Å²) in [5.41, 5.74) is 1.40. The molecule has 0 fully saturated rings. The summed E-state index contributed by atoms with van der Waals surface area (Å²) in [6, 6.07) is 12.4. The van der Waals surface area contributed by atoms with E-state index in [2.05, 4.69) is 75.2 Å². The Hall–Kier alpha value is -0.860. The summed E-state index contributed by atoms with van der Waals surface area (Å²) in [5.74, 6) is 0. The van der Waals surface area contributed by atoms with Crippen LogP contribution >= 0.6 is 0 Å². The van der Waals surface area contributed by atoms with Crippen LogP contribution in [0.1, 0.15) is 65.5 Å². The summed E-state index contributed by atoms with van der Waals surface area (Å²) >= 11 is 0. The highest BCUT2D eigenvalue weighted by Crippen LogP contribution is 2.24. The number of unbranched alkanes of at least 4 members (excludes halogenated alkanes) is 1. The molecule has 21 heavy (non-hydrogen) atoms. The predicted molar refractivity (Wildman–Crippen MR) is 93.7 cm³/mol. The van der Waals surface area contributed by atoms with Crippen molar-refractivity contribution < 1.29 is 0 Å². The molecule has 1 rings (SSSR count). The van der Waals surface area contributed by atoms with Crippen LogP contribution in [-0.4, -0.2) is 30.1 Å². The van der Waals surface area contributed by atoms with E-state index in [0.29, 0.717) is 18.1 Å². The van der Waals surface area contributed by atoms with Gasteiger partial charge in [-0.15, -0.1) is 0 Å². The first kappa shape index (κ1) is 18.2. The number of hydrogen-bond donors (Lipinski definition) is 1. The van der Waals surface area contributed by atoms with E-state index in [0.717, 1.165) is 6.54 Å². The minimum absolute atomic E-state index is 0.405. The fourth-order valence-corrected chi connectivity index (χ4v) is 3.04. The monoisotopic (exact) mass is 290 g/mol. The topological polar surface area (TPSA) is 15.3 Å². The maximum atomic E-state index is 3.69. The summed E-state index contributed by atoms with van der Waals surface area (Å²) in [4.78, 5) is 2.68. The van der Waals surface area contributed by atoms with Gasteiger partial charge in [-0.05, 0) is 45.3 Å². The second kappa shape index (κ2) is 9.97. The lowest BCUT2D eigenvalue weighted by Gasteiger charge is -2.39. The van der Waals surface area contributed by atoms with E-state index in [1.54, 1.807) is 0 Å². The summed E-state index contributed by atoms with van der Waals surface area (Å²) in [6.07, 6.45) is 3.75. The Bertz CT molecular complexity index is 363. The number of hydrogen-bond acceptors (Lipinski definition) is 2. The lowest BCUT2D eigenvalue weighted by Crippen LogP contribution is -2.47. The predicted octanol–water partition coefficient (Wildman–Crippen LogP) is 4.63. The molecule has 3 unspecified atom stereocenters. The molecule has 0 aliphatic carbocycles. The zero-order chi connectivity index (χ0) is 15.7. The Labute approximate surface area is 131 Å². The normalized spacial score (nSPS) is 15.9. The van der Waals surface area contributed by atoms with Crippen molar-refractivity contribution in [3.8, 4) is 0 Å². The van der Waals surface area contributed by atoms with Crippen molar-refractivity contribution in [1.29, 1.82) is 0 Å². The SMILES string of the molecule is CCCCN(C(C)CC)C(C)C(NCC)c1ccccc1. The minimum atomic E-state index is 0.405. The van der Waals surface area contributed by atoms with Crippen LogP contribution in [0.25, 0.3) is 0 Å². The lowest BCUT2D eigenvalue weighted by molar-refractivity contribution is 0.118. The molecule has 2 nitrogen and oxygen atoms in total. The Morgan fingerprint density at radius 3 is 2.24 bits per heavy atom. The average Bonchev–Trinajstić information content (AvgIpc) is 2.53. The van der Waals surface area contributed by atoms with Crippen LogP contribution in [0.3, 0.4) is 0 Å². The molecular formula is C19H34N2. The molecule has 1 N–H and O–H groups in total. The molecule has 0 aliphatic rings. The fraction of sp³-hybridized carbons (Fsp3) is 0.684. The number of benzene rings is 1. The number of nitrogens with one attached hydrogen (secondary N) is 1.